The van der Waals surface area contributed by atoms with E-state index < -0.39 is 56.1 Å². The number of nitrogens with two attached hydrogens (primary N) is 1. The Morgan fingerprint density at radius 3 is 1.96 bits per heavy atom. The van der Waals surface area contributed by atoms with Crippen LogP contribution >= 0.6 is 11.3 Å². The van der Waals surface area contributed by atoms with Gasteiger partial charge in [-0.2, -0.15) is 0 Å². The van der Waals surface area contributed by atoms with Crippen molar-refractivity contribution in [1.29, 1.82) is 0 Å². The molecule has 1 aliphatic carbocycles. The van der Waals surface area contributed by atoms with Crippen molar-refractivity contribution in [3.63, 3.8) is 0 Å². The monoisotopic (exact) mass is 1110 g/mol. The molecule has 3 unspecified atom stereocenters. The van der Waals surface area contributed by atoms with Gasteiger partial charge in [-0.25, -0.2) is 22.0 Å². The fraction of sp³-hybridized carbons (Fsp3) is 0.741. The number of thiophene rings is 1. The second-order valence-corrected chi connectivity index (χ2v) is 45.0. The van der Waals surface area contributed by atoms with Crippen molar-refractivity contribution in [2.75, 3.05) is 13.1 Å². The number of unbranched alkanes of at least 4 members (excludes halogenated alkanes) is 1. The number of benzene rings is 1. The smallest absolute Gasteiger partial charge is 0.247 e. The van der Waals surface area contributed by atoms with Crippen LogP contribution in [0.15, 0.2) is 57.0 Å². The van der Waals surface area contributed by atoms with E-state index in [9.17, 15) is 26.4 Å². The van der Waals surface area contributed by atoms with E-state index >= 15 is 0 Å². The number of allylic oxidation sites excluding steroid dienone is 2. The van der Waals surface area contributed by atoms with E-state index in [1.165, 1.54) is 11.6 Å². The van der Waals surface area contributed by atoms with Crippen molar-refractivity contribution in [3.8, 4) is 0 Å². The van der Waals surface area contributed by atoms with Crippen LogP contribution in [0.5, 0.6) is 0 Å². The number of hydrogen-bond acceptors (Lipinski definition) is 10. The Morgan fingerprint density at radius 2 is 1.42 bits per heavy atom. The highest BCUT2D eigenvalue weighted by Crippen LogP contribution is 2.50. The zero-order valence-electron chi connectivity index (χ0n) is 47.3. The average Bonchev–Trinajstić information content (AvgIpc) is 3.84. The van der Waals surface area contributed by atoms with E-state index in [0.29, 0.717) is 30.1 Å². The van der Waals surface area contributed by atoms with Gasteiger partial charge in [0, 0.05) is 37.6 Å². The normalized spacial score (nSPS) is 22.8. The molecule has 0 saturated heterocycles. The Morgan fingerprint density at radius 1 is 0.847 bits per heavy atom. The number of aryl methyl sites for hydroxylation is 1. The highest BCUT2D eigenvalue weighted by molar-refractivity contribution is 7.95. The molecule has 18 heteroatoms. The van der Waals surface area contributed by atoms with Gasteiger partial charge in [-0.05, 0) is 149 Å². The molecule has 7 atom stereocenters. The first-order chi connectivity index (χ1) is 32.9. The van der Waals surface area contributed by atoms with Crippen LogP contribution in [-0.2, 0) is 49.1 Å². The highest BCUT2D eigenvalue weighted by Gasteiger charge is 2.51. The molecule has 4 rings (SSSR count). The zero-order valence-corrected chi connectivity index (χ0v) is 52.7. The predicted octanol–water partition coefficient (Wildman–Crippen LogP) is 12.7. The molecule has 410 valence electrons. The van der Waals surface area contributed by atoms with Gasteiger partial charge in [-0.15, -0.1) is 11.3 Å². The van der Waals surface area contributed by atoms with Gasteiger partial charge in [-0.1, -0.05) is 105 Å². The average molecular weight is 1110 g/mol. The number of rotatable bonds is 24. The summed E-state index contributed by atoms with van der Waals surface area (Å²) in [5.74, 6) is 0.162. The first-order valence-electron chi connectivity index (χ1n) is 26.6. The number of nitrogens with one attached hydrogen (secondary N) is 1. The quantitative estimate of drug-likeness (QED) is 0.0590. The number of fused-ring (bicyclic) bond motifs is 1. The van der Waals surface area contributed by atoms with Crippen LogP contribution in [0.1, 0.15) is 158 Å². The lowest BCUT2D eigenvalue weighted by atomic mass is 9.85. The molecule has 1 aliphatic heterocycles. The number of carbonyl (C=O) groups is 2. The van der Waals surface area contributed by atoms with Crippen LogP contribution < -0.4 is 10.5 Å². The third-order valence-corrected chi connectivity index (χ3v) is 35.8. The lowest BCUT2D eigenvalue weighted by Gasteiger charge is -2.41. The van der Waals surface area contributed by atoms with E-state index in [0.717, 1.165) is 44.9 Å². The molecule has 12 nitrogen and oxygen atoms in total. The van der Waals surface area contributed by atoms with Gasteiger partial charge < -0.3 is 23.5 Å². The summed E-state index contributed by atoms with van der Waals surface area (Å²) in [6.07, 6.45) is 12.3. The number of carbonyl (C=O) groups excluding carboxylic acids is 2. The van der Waals surface area contributed by atoms with Gasteiger partial charge >= 0.3 is 0 Å². The maximum absolute atomic E-state index is 13.6. The number of amides is 2. The summed E-state index contributed by atoms with van der Waals surface area (Å²) in [7, 11) is -14.3. The van der Waals surface area contributed by atoms with Gasteiger partial charge in [0.25, 0.3) is 0 Å². The fourth-order valence-electron chi connectivity index (χ4n) is 9.31. The molecule has 0 radical (unpaired) electrons. The van der Waals surface area contributed by atoms with Gasteiger partial charge in [0.2, 0.25) is 21.8 Å². The first-order valence-corrected chi connectivity index (χ1v) is 39.3. The molecule has 3 N–H and O–H groups in total. The Bertz CT molecular complexity index is 2370. The van der Waals surface area contributed by atoms with E-state index in [4.69, 9.17) is 18.4 Å². The number of primary sulfonamides is 1. The molecule has 2 amide bonds. The summed E-state index contributed by atoms with van der Waals surface area (Å²) >= 11 is 0.635. The van der Waals surface area contributed by atoms with Crippen LogP contribution in [0.2, 0.25) is 54.4 Å². The van der Waals surface area contributed by atoms with Crippen molar-refractivity contribution >= 4 is 68.0 Å². The fourth-order valence-corrected chi connectivity index (χ4v) is 17.9. The molecule has 2 aromatic rings. The largest absolute Gasteiger partial charge is 0.414 e. The lowest BCUT2D eigenvalue weighted by molar-refractivity contribution is -0.133. The third-order valence-electron chi connectivity index (χ3n) is 16.9. The molecule has 0 bridgehead atoms. The van der Waals surface area contributed by atoms with Crippen LogP contribution in [0.3, 0.4) is 0 Å². The van der Waals surface area contributed by atoms with Gasteiger partial charge in [0.15, 0.2) is 34.8 Å². The highest BCUT2D eigenvalue weighted by atomic mass is 32.3. The SMILES string of the molecule is CCN(C(=O)CCNC(=O)CCC/C=C\C[C@H]1C(O[Si](C)(C)C(C)(C)C)CC(O[Si](C)(C)C(C)(C)C)[C@@H]1CCC(CCc1ccccc1)O[Si](C)(C)C(C)(C)C)[C@H]1C[C@H](C)S(=O)(=O)c2sc(S(N)(=O)=O)cc21. The van der Waals surface area contributed by atoms with E-state index in [-0.39, 0.29) is 91.1 Å². The van der Waals surface area contributed by atoms with Gasteiger partial charge in [0.1, 0.15) is 8.42 Å². The molecule has 2 heterocycles. The van der Waals surface area contributed by atoms with Crippen LogP contribution in [-0.4, -0.2) is 95.2 Å². The van der Waals surface area contributed by atoms with Crippen molar-refractivity contribution in [1.82, 2.24) is 10.2 Å². The van der Waals surface area contributed by atoms with E-state index in [1.54, 1.807) is 18.7 Å². The van der Waals surface area contributed by atoms with E-state index in [2.05, 4.69) is 149 Å². The Hall–Kier alpha value is -2.01. The Kier molecular flexibility index (Phi) is 21.3. The Labute approximate surface area is 444 Å². The maximum atomic E-state index is 13.6. The van der Waals surface area contributed by atoms with Crippen molar-refractivity contribution < 1.29 is 39.7 Å². The molecule has 1 aromatic heterocycles. The van der Waals surface area contributed by atoms with Crippen LogP contribution in [0.25, 0.3) is 0 Å². The van der Waals surface area contributed by atoms with Gasteiger partial charge in [-0.3, -0.25) is 9.59 Å². The molecule has 2 aliphatic rings. The molecule has 1 fully saturated rings. The van der Waals surface area contributed by atoms with Gasteiger partial charge in [0.05, 0.1) is 23.5 Å². The number of hydrogen-bond donors (Lipinski definition) is 2. The summed E-state index contributed by atoms with van der Waals surface area (Å²) in [5.41, 5.74) is 1.62. The second-order valence-electron chi connectivity index (χ2n) is 25.3. The lowest BCUT2D eigenvalue weighted by Crippen LogP contribution is -2.45. The van der Waals surface area contributed by atoms with Crippen molar-refractivity contribution in [3.05, 3.63) is 59.7 Å². The molecule has 1 saturated carbocycles. The summed E-state index contributed by atoms with van der Waals surface area (Å²) in [5, 5.41) is 7.68. The summed E-state index contributed by atoms with van der Waals surface area (Å²) in [6, 6.07) is 11.4. The summed E-state index contributed by atoms with van der Waals surface area (Å²) in [6.45, 7) is 38.9. The number of sulfone groups is 1. The van der Waals surface area contributed by atoms with Crippen molar-refractivity contribution in [2.45, 2.75) is 239 Å². The number of nitrogens with zero attached hydrogens (tertiary/aromatic N) is 1. The minimum Gasteiger partial charge on any atom is -0.414 e. The molecule has 0 spiro atoms. The predicted molar refractivity (Wildman–Crippen MR) is 304 cm³/mol. The summed E-state index contributed by atoms with van der Waals surface area (Å²) in [4.78, 5) is 28.2. The second kappa shape index (κ2) is 24.5. The van der Waals surface area contributed by atoms with Crippen LogP contribution in [0.4, 0.5) is 0 Å². The minimum atomic E-state index is -4.14. The molecule has 72 heavy (non-hydrogen) atoms. The van der Waals surface area contributed by atoms with Crippen molar-refractivity contribution in [2.24, 2.45) is 17.0 Å². The van der Waals surface area contributed by atoms with E-state index in [1.807, 2.05) is 0 Å². The number of sulfonamides is 1. The topological polar surface area (TPSA) is 171 Å². The minimum absolute atomic E-state index is 0.0234. The maximum Gasteiger partial charge on any atom is 0.247 e. The molecular formula is C54H95N3O9S3Si3. The molecule has 1 aromatic carbocycles. The Balaban J connectivity index is 1.47. The summed E-state index contributed by atoms with van der Waals surface area (Å²) < 4.78 is 72.6. The molecular weight excluding hydrogens is 1020 g/mol. The zero-order chi connectivity index (χ0) is 54.5. The standard InChI is InChI=1S/C54H95N3O9S3Si3/c1-18-57(45-36-39(2)68(60,61)51-44(45)37-50(67-51)69(55,62)63)49(59)34-35-56-48(58)29-25-20-19-24-28-42-43(33-32-41(64-70(12,13)52(3,4)5)31-30-40-26-22-21-23-27-40)47(66-72(16,17)54(9,10)11)38-46(42)65-71(14,15)53(6,7)8/h19,21-24,26-27,37,39,41-43,45-47H,18,20,25,28-36,38H2,1-17H3,(H,56,58)(H2,55,62,63)/b24-19-/t39-,41?,42+,43+,45-,46?,47?/m0/s1. The third kappa shape index (κ3) is 16.3. The van der Waals surface area contributed by atoms with Crippen LogP contribution in [0, 0.1) is 11.8 Å². The first kappa shape index (κ1) is 62.5.